The number of benzene rings is 2. The van der Waals surface area contributed by atoms with Crippen LogP contribution in [0.2, 0.25) is 10.0 Å². The van der Waals surface area contributed by atoms with Gasteiger partial charge in [-0.25, -0.2) is 0 Å². The molecule has 0 atom stereocenters. The first-order chi connectivity index (χ1) is 12.4. The van der Waals surface area contributed by atoms with E-state index < -0.39 is 12.6 Å². The molecule has 2 aromatic rings. The van der Waals surface area contributed by atoms with Crippen molar-refractivity contribution in [3.8, 4) is 11.5 Å². The number of carbonyl (C=O) groups is 2. The van der Waals surface area contributed by atoms with Gasteiger partial charge < -0.3 is 14.2 Å². The zero-order chi connectivity index (χ0) is 19.1. The molecule has 0 spiro atoms. The number of Topliss-reactive ketones (excluding diaryl/α,β-unsaturated/α-hetero) is 1. The maximum Gasteiger partial charge on any atom is 0.316 e. The maximum absolute atomic E-state index is 12.3. The van der Waals surface area contributed by atoms with E-state index in [1.807, 2.05) is 0 Å². The van der Waals surface area contributed by atoms with Gasteiger partial charge in [0.05, 0.1) is 30.6 Å². The molecule has 0 aliphatic carbocycles. The van der Waals surface area contributed by atoms with Crippen molar-refractivity contribution in [2.45, 2.75) is 4.90 Å². The first kappa shape index (κ1) is 20.4. The van der Waals surface area contributed by atoms with Crippen molar-refractivity contribution in [1.29, 1.82) is 0 Å². The van der Waals surface area contributed by atoms with E-state index in [1.54, 1.807) is 30.3 Å². The summed E-state index contributed by atoms with van der Waals surface area (Å²) in [5.74, 6) is -0.0394. The number of esters is 1. The van der Waals surface area contributed by atoms with Gasteiger partial charge in [0, 0.05) is 9.92 Å². The molecule has 8 heteroatoms. The van der Waals surface area contributed by atoms with Crippen LogP contribution in [0.3, 0.4) is 0 Å². The molecule has 2 aromatic carbocycles. The van der Waals surface area contributed by atoms with Crippen LogP contribution in [0.25, 0.3) is 0 Å². The smallest absolute Gasteiger partial charge is 0.316 e. The molecule has 0 aliphatic rings. The summed E-state index contributed by atoms with van der Waals surface area (Å²) in [5.41, 5.74) is 0.283. The first-order valence-corrected chi connectivity index (χ1v) is 9.17. The van der Waals surface area contributed by atoms with Gasteiger partial charge in [-0.2, -0.15) is 0 Å². The van der Waals surface area contributed by atoms with Crippen LogP contribution in [0.1, 0.15) is 10.4 Å². The Labute approximate surface area is 165 Å². The predicted molar refractivity (Wildman–Crippen MR) is 102 cm³/mol. The van der Waals surface area contributed by atoms with E-state index in [0.717, 1.165) is 0 Å². The van der Waals surface area contributed by atoms with Crippen LogP contribution in [0.5, 0.6) is 11.5 Å². The highest BCUT2D eigenvalue weighted by Crippen LogP contribution is 2.30. The fraction of sp³-hybridized carbons (Fsp3) is 0.222. The molecule has 26 heavy (non-hydrogen) atoms. The summed E-state index contributed by atoms with van der Waals surface area (Å²) in [7, 11) is 2.95. The number of ether oxygens (including phenoxy) is 3. The number of hydrogen-bond donors (Lipinski definition) is 0. The molecular formula is C18H16Cl2O5S. The highest BCUT2D eigenvalue weighted by molar-refractivity contribution is 8.00. The zero-order valence-electron chi connectivity index (χ0n) is 14.1. The second-order valence-corrected chi connectivity index (χ2v) is 6.87. The Bertz CT molecular complexity index is 810. The van der Waals surface area contributed by atoms with Gasteiger partial charge in [0.25, 0.3) is 0 Å². The first-order valence-electron chi connectivity index (χ1n) is 7.43. The summed E-state index contributed by atoms with van der Waals surface area (Å²) in [6, 6.07) is 9.80. The Balaban J connectivity index is 1.93. The quantitative estimate of drug-likeness (QED) is 0.359. The molecule has 0 radical (unpaired) electrons. The molecular weight excluding hydrogens is 399 g/mol. The van der Waals surface area contributed by atoms with E-state index in [4.69, 9.17) is 37.4 Å². The number of carbonyl (C=O) groups excluding carboxylic acids is 2. The molecule has 0 N–H and O–H groups in total. The van der Waals surface area contributed by atoms with Gasteiger partial charge in [-0.15, -0.1) is 11.8 Å². The van der Waals surface area contributed by atoms with E-state index in [2.05, 4.69) is 0 Å². The number of ketones is 1. The Morgan fingerprint density at radius 3 is 2.50 bits per heavy atom. The number of halogens is 2. The molecule has 0 heterocycles. The van der Waals surface area contributed by atoms with Gasteiger partial charge >= 0.3 is 5.97 Å². The summed E-state index contributed by atoms with van der Waals surface area (Å²) in [6.45, 7) is -0.397. The Hall–Kier alpha value is -1.89. The third kappa shape index (κ3) is 5.56. The van der Waals surface area contributed by atoms with Gasteiger partial charge in [-0.3, -0.25) is 9.59 Å². The van der Waals surface area contributed by atoms with Crippen LogP contribution in [0.4, 0.5) is 0 Å². The third-order valence-corrected chi connectivity index (χ3v) is 5.02. The number of thioether (sulfide) groups is 1. The van der Waals surface area contributed by atoms with Gasteiger partial charge in [0.1, 0.15) is 11.5 Å². The molecule has 0 saturated heterocycles. The van der Waals surface area contributed by atoms with Crippen molar-refractivity contribution in [3.63, 3.8) is 0 Å². The second-order valence-electron chi connectivity index (χ2n) is 5.01. The Morgan fingerprint density at radius 2 is 1.81 bits per heavy atom. The number of methoxy groups -OCH3 is 2. The molecule has 0 bridgehead atoms. The average Bonchev–Trinajstić information content (AvgIpc) is 2.66. The van der Waals surface area contributed by atoms with Crippen molar-refractivity contribution in [3.05, 3.63) is 52.0 Å². The molecule has 138 valence electrons. The molecule has 0 amide bonds. The van der Waals surface area contributed by atoms with Crippen molar-refractivity contribution >= 4 is 46.7 Å². The molecule has 0 saturated carbocycles. The highest BCUT2D eigenvalue weighted by Gasteiger charge is 2.16. The van der Waals surface area contributed by atoms with Crippen molar-refractivity contribution < 1.29 is 23.8 Å². The molecule has 0 fully saturated rings. The van der Waals surface area contributed by atoms with Crippen molar-refractivity contribution in [2.24, 2.45) is 0 Å². The second kappa shape index (κ2) is 9.71. The van der Waals surface area contributed by atoms with E-state index in [0.29, 0.717) is 26.4 Å². The monoisotopic (exact) mass is 414 g/mol. The topological polar surface area (TPSA) is 61.8 Å². The third-order valence-electron chi connectivity index (χ3n) is 3.31. The van der Waals surface area contributed by atoms with Crippen LogP contribution in [-0.2, 0) is 9.53 Å². The van der Waals surface area contributed by atoms with Crippen LogP contribution in [0, 0.1) is 0 Å². The average molecular weight is 415 g/mol. The van der Waals surface area contributed by atoms with Crippen molar-refractivity contribution in [1.82, 2.24) is 0 Å². The van der Waals surface area contributed by atoms with E-state index in [1.165, 1.54) is 32.0 Å². The molecule has 0 aromatic heterocycles. The van der Waals surface area contributed by atoms with E-state index in [9.17, 15) is 9.59 Å². The fourth-order valence-electron chi connectivity index (χ4n) is 2.02. The van der Waals surface area contributed by atoms with Crippen LogP contribution in [-0.4, -0.2) is 38.3 Å². The molecule has 0 aliphatic heterocycles. The SMILES string of the molecule is COc1ccc(OC)c(C(=O)COC(=O)CSc2cc(Cl)ccc2Cl)c1. The van der Waals surface area contributed by atoms with Gasteiger partial charge in [-0.1, -0.05) is 23.2 Å². The minimum Gasteiger partial charge on any atom is -0.497 e. The summed E-state index contributed by atoms with van der Waals surface area (Å²) < 4.78 is 15.3. The predicted octanol–water partition coefficient (Wildman–Crippen LogP) is 4.53. The van der Waals surface area contributed by atoms with Gasteiger partial charge in [0.2, 0.25) is 5.78 Å². The normalized spacial score (nSPS) is 10.3. The molecule has 0 unspecified atom stereocenters. The minimum atomic E-state index is -0.541. The minimum absolute atomic E-state index is 0.00257. The molecule has 5 nitrogen and oxygen atoms in total. The summed E-state index contributed by atoms with van der Waals surface area (Å²) >= 11 is 13.1. The van der Waals surface area contributed by atoms with Crippen LogP contribution < -0.4 is 9.47 Å². The summed E-state index contributed by atoms with van der Waals surface area (Å²) in [4.78, 5) is 24.9. The lowest BCUT2D eigenvalue weighted by Crippen LogP contribution is -2.16. The Kier molecular flexibility index (Phi) is 7.63. The van der Waals surface area contributed by atoms with Crippen LogP contribution >= 0.6 is 35.0 Å². The van der Waals surface area contributed by atoms with E-state index >= 15 is 0 Å². The van der Waals surface area contributed by atoms with Gasteiger partial charge in [0.15, 0.2) is 6.61 Å². The van der Waals surface area contributed by atoms with Crippen LogP contribution in [0.15, 0.2) is 41.3 Å². The van der Waals surface area contributed by atoms with Crippen molar-refractivity contribution in [2.75, 3.05) is 26.6 Å². The summed E-state index contributed by atoms with van der Waals surface area (Å²) in [5, 5.41) is 1.01. The lowest BCUT2D eigenvalue weighted by atomic mass is 10.1. The fourth-order valence-corrected chi connectivity index (χ4v) is 3.31. The van der Waals surface area contributed by atoms with E-state index in [-0.39, 0.29) is 17.1 Å². The summed E-state index contributed by atoms with van der Waals surface area (Å²) in [6.07, 6.45) is 0. The largest absolute Gasteiger partial charge is 0.497 e. The standard InChI is InChI=1S/C18H16Cl2O5S/c1-23-12-4-6-16(24-2)13(8-12)15(21)9-25-18(22)10-26-17-7-11(19)3-5-14(17)20/h3-8H,9-10H2,1-2H3. The maximum atomic E-state index is 12.3. The van der Waals surface area contributed by atoms with Gasteiger partial charge in [-0.05, 0) is 36.4 Å². The zero-order valence-corrected chi connectivity index (χ0v) is 16.4. The number of rotatable bonds is 8. The lowest BCUT2D eigenvalue weighted by molar-refractivity contribution is -0.139. The number of hydrogen-bond acceptors (Lipinski definition) is 6. The lowest BCUT2D eigenvalue weighted by Gasteiger charge is -2.10. The highest BCUT2D eigenvalue weighted by atomic mass is 35.5. The molecule has 2 rings (SSSR count). The Morgan fingerprint density at radius 1 is 1.04 bits per heavy atom.